The van der Waals surface area contributed by atoms with Gasteiger partial charge in [0.15, 0.2) is 0 Å². The van der Waals surface area contributed by atoms with Crippen LogP contribution in [-0.2, 0) is 14.3 Å². The largest absolute Gasteiger partial charge is 0.365 e. The van der Waals surface area contributed by atoms with Crippen LogP contribution in [0.3, 0.4) is 0 Å². The van der Waals surface area contributed by atoms with E-state index in [9.17, 15) is 9.59 Å². The molecule has 1 saturated heterocycles. The Morgan fingerprint density at radius 1 is 0.951 bits per heavy atom. The molecule has 0 radical (unpaired) electrons. The first-order chi connectivity index (χ1) is 19.6. The van der Waals surface area contributed by atoms with Crippen LogP contribution in [0.1, 0.15) is 51.6 Å². The third-order valence-electron chi connectivity index (χ3n) is 6.95. The van der Waals surface area contributed by atoms with Gasteiger partial charge >= 0.3 is 0 Å². The van der Waals surface area contributed by atoms with Gasteiger partial charge < -0.3 is 15.0 Å². The first kappa shape index (κ1) is 31.4. The SMILES string of the molecule is CC(C)(C)SCC(C1CC1)N1C(=O)C(CC(=O)Nc2ccccc2)OCC1c1ccc(Cl)cc1.Clc1ccccc1. The quantitative estimate of drug-likeness (QED) is 0.278. The summed E-state index contributed by atoms with van der Waals surface area (Å²) < 4.78 is 6.13. The zero-order valence-electron chi connectivity index (χ0n) is 23.8. The van der Waals surface area contributed by atoms with Crippen LogP contribution >= 0.6 is 35.0 Å². The molecular weight excluding hydrogens is 575 g/mol. The Bertz CT molecular complexity index is 1270. The average molecular weight is 614 g/mol. The van der Waals surface area contributed by atoms with Gasteiger partial charge in [-0.1, -0.05) is 92.5 Å². The maximum absolute atomic E-state index is 13.8. The van der Waals surface area contributed by atoms with Gasteiger partial charge in [-0.2, -0.15) is 11.8 Å². The lowest BCUT2D eigenvalue weighted by molar-refractivity contribution is -0.166. The first-order valence-electron chi connectivity index (χ1n) is 14.0. The summed E-state index contributed by atoms with van der Waals surface area (Å²) >= 11 is 13.6. The van der Waals surface area contributed by atoms with Crippen LogP contribution in [-0.4, -0.2) is 46.0 Å². The van der Waals surface area contributed by atoms with E-state index in [1.54, 1.807) is 0 Å². The fourth-order valence-corrected chi connectivity index (χ4v) is 6.11. The van der Waals surface area contributed by atoms with Gasteiger partial charge in [0.1, 0.15) is 6.10 Å². The van der Waals surface area contributed by atoms with Gasteiger partial charge in [-0.15, -0.1) is 0 Å². The van der Waals surface area contributed by atoms with E-state index in [-0.39, 0.29) is 35.1 Å². The molecule has 0 bridgehead atoms. The number of morpholine rings is 1. The molecule has 2 amide bonds. The second-order valence-corrected chi connectivity index (χ2v) is 14.1. The van der Waals surface area contributed by atoms with Crippen LogP contribution in [0.15, 0.2) is 84.9 Å². The summed E-state index contributed by atoms with van der Waals surface area (Å²) in [6.07, 6.45) is 1.48. The highest BCUT2D eigenvalue weighted by Crippen LogP contribution is 2.43. The van der Waals surface area contributed by atoms with Crippen LogP contribution in [0.2, 0.25) is 10.0 Å². The minimum Gasteiger partial charge on any atom is -0.365 e. The normalized spacial score (nSPS) is 19.6. The fraction of sp³-hybridized carbons (Fsp3) is 0.394. The molecule has 0 aromatic heterocycles. The molecule has 5 rings (SSSR count). The van der Waals surface area contributed by atoms with Crippen molar-refractivity contribution in [1.82, 2.24) is 4.90 Å². The molecule has 3 atom stereocenters. The summed E-state index contributed by atoms with van der Waals surface area (Å²) in [7, 11) is 0. The molecule has 218 valence electrons. The number of halogens is 2. The van der Waals surface area contributed by atoms with Crippen LogP contribution in [0.25, 0.3) is 0 Å². The molecule has 0 spiro atoms. The molecule has 41 heavy (non-hydrogen) atoms. The number of para-hydroxylation sites is 1. The van der Waals surface area contributed by atoms with Gasteiger partial charge in [-0.25, -0.2) is 0 Å². The summed E-state index contributed by atoms with van der Waals surface area (Å²) in [5, 5.41) is 4.33. The molecule has 1 saturated carbocycles. The minimum absolute atomic E-state index is 0.00135. The number of thioether (sulfide) groups is 1. The van der Waals surface area contributed by atoms with Crippen molar-refractivity contribution < 1.29 is 14.3 Å². The molecule has 1 heterocycles. The maximum Gasteiger partial charge on any atom is 0.253 e. The number of hydrogen-bond acceptors (Lipinski definition) is 4. The monoisotopic (exact) mass is 612 g/mol. The van der Waals surface area contributed by atoms with Crippen molar-refractivity contribution in [2.45, 2.75) is 63.0 Å². The van der Waals surface area contributed by atoms with Crippen molar-refractivity contribution in [3.05, 3.63) is 101 Å². The Kier molecular flexibility index (Phi) is 11.2. The van der Waals surface area contributed by atoms with E-state index in [1.807, 2.05) is 102 Å². The van der Waals surface area contributed by atoms with Crippen LogP contribution in [0.5, 0.6) is 0 Å². The van der Waals surface area contributed by atoms with Gasteiger partial charge in [0.25, 0.3) is 5.91 Å². The highest BCUT2D eigenvalue weighted by atomic mass is 35.5. The number of hydrogen-bond donors (Lipinski definition) is 1. The molecular formula is C33H38Cl2N2O3S. The highest BCUT2D eigenvalue weighted by Gasteiger charge is 2.46. The predicted octanol–water partition coefficient (Wildman–Crippen LogP) is 8.29. The maximum atomic E-state index is 13.8. The van der Waals surface area contributed by atoms with E-state index in [1.165, 1.54) is 0 Å². The minimum atomic E-state index is -0.784. The van der Waals surface area contributed by atoms with E-state index >= 15 is 0 Å². The lowest BCUT2D eigenvalue weighted by Gasteiger charge is -2.44. The highest BCUT2D eigenvalue weighted by molar-refractivity contribution is 8.00. The Morgan fingerprint density at radius 2 is 1.54 bits per heavy atom. The van der Waals surface area contributed by atoms with Crippen molar-refractivity contribution in [2.24, 2.45) is 5.92 Å². The topological polar surface area (TPSA) is 58.6 Å². The average Bonchev–Trinajstić information content (AvgIpc) is 3.78. The smallest absolute Gasteiger partial charge is 0.253 e. The molecule has 3 aromatic carbocycles. The number of ether oxygens (including phenoxy) is 1. The Hall–Kier alpha value is -2.51. The molecule has 8 heteroatoms. The van der Waals surface area contributed by atoms with Crippen molar-refractivity contribution >= 4 is 52.5 Å². The number of carbonyl (C=O) groups is 2. The number of anilines is 1. The van der Waals surface area contributed by atoms with Gasteiger partial charge in [-0.3, -0.25) is 9.59 Å². The fourth-order valence-electron chi connectivity index (χ4n) is 4.74. The molecule has 3 unspecified atom stereocenters. The van der Waals surface area contributed by atoms with E-state index in [2.05, 4.69) is 26.1 Å². The standard InChI is InChI=1S/C27H33ClN2O3S.C6H5Cl/c1-27(2,3)34-17-23(19-9-10-19)30-22(18-11-13-20(28)14-12-18)16-33-24(26(30)32)15-25(31)29-21-7-5-4-6-8-21;7-6-4-2-1-3-5-6/h4-8,11-14,19,22-24H,9-10,15-17H2,1-3H3,(H,29,31);1-5H. The zero-order chi connectivity index (χ0) is 29.4. The van der Waals surface area contributed by atoms with Crippen LogP contribution < -0.4 is 5.32 Å². The Labute approximate surface area is 257 Å². The third kappa shape index (κ3) is 9.78. The molecule has 5 nitrogen and oxygen atoms in total. The predicted molar refractivity (Wildman–Crippen MR) is 171 cm³/mol. The number of nitrogens with zero attached hydrogens (tertiary/aromatic N) is 1. The Balaban J connectivity index is 0.000000483. The molecule has 3 aromatic rings. The number of benzene rings is 3. The van der Waals surface area contributed by atoms with E-state index in [4.69, 9.17) is 27.9 Å². The van der Waals surface area contributed by atoms with Gasteiger partial charge in [0.05, 0.1) is 19.1 Å². The number of amides is 2. The molecule has 2 aliphatic rings. The lowest BCUT2D eigenvalue weighted by Crippen LogP contribution is -2.56. The van der Waals surface area contributed by atoms with E-state index < -0.39 is 6.10 Å². The summed E-state index contributed by atoms with van der Waals surface area (Å²) in [4.78, 5) is 28.6. The number of nitrogens with one attached hydrogen (secondary N) is 1. The van der Waals surface area contributed by atoms with E-state index in [0.29, 0.717) is 23.2 Å². The second-order valence-electron chi connectivity index (χ2n) is 11.4. The first-order valence-corrected chi connectivity index (χ1v) is 15.7. The van der Waals surface area contributed by atoms with Crippen molar-refractivity contribution in [3.63, 3.8) is 0 Å². The second kappa shape index (κ2) is 14.6. The van der Waals surface area contributed by atoms with Crippen molar-refractivity contribution in [1.29, 1.82) is 0 Å². The summed E-state index contributed by atoms with van der Waals surface area (Å²) in [6.45, 7) is 6.97. The molecule has 1 N–H and O–H groups in total. The molecule has 1 aliphatic carbocycles. The van der Waals surface area contributed by atoms with Crippen molar-refractivity contribution in [2.75, 3.05) is 17.7 Å². The van der Waals surface area contributed by atoms with Crippen molar-refractivity contribution in [3.8, 4) is 0 Å². The molecule has 1 aliphatic heterocycles. The summed E-state index contributed by atoms with van der Waals surface area (Å²) in [6, 6.07) is 26.3. The van der Waals surface area contributed by atoms with Gasteiger partial charge in [0, 0.05) is 32.3 Å². The van der Waals surface area contributed by atoms with E-state index in [0.717, 1.165) is 29.2 Å². The van der Waals surface area contributed by atoms with Crippen LogP contribution in [0, 0.1) is 5.92 Å². The van der Waals surface area contributed by atoms with Crippen LogP contribution in [0.4, 0.5) is 5.69 Å². The number of rotatable bonds is 8. The number of carbonyl (C=O) groups excluding carboxylic acids is 2. The lowest BCUT2D eigenvalue weighted by atomic mass is 9.98. The Morgan fingerprint density at radius 3 is 2.07 bits per heavy atom. The summed E-state index contributed by atoms with van der Waals surface area (Å²) in [5.41, 5.74) is 1.72. The van der Waals surface area contributed by atoms with Gasteiger partial charge in [0.2, 0.25) is 5.91 Å². The summed E-state index contributed by atoms with van der Waals surface area (Å²) in [5.74, 6) is 1.04. The zero-order valence-corrected chi connectivity index (χ0v) is 26.1. The third-order valence-corrected chi connectivity index (χ3v) is 8.83. The van der Waals surface area contributed by atoms with Gasteiger partial charge in [-0.05, 0) is 60.7 Å². The molecule has 2 fully saturated rings.